The number of halogens is 1. The molecule has 1 atom stereocenters. The lowest BCUT2D eigenvalue weighted by molar-refractivity contribution is -0.115. The number of para-hydroxylation sites is 1. The molecule has 0 aliphatic rings. The standard InChI is InChI=1S/C33H31FN4O3S/c1-22(31(39)36-29-15-8-7-14-28(29)34)42-27-13-9-12-25(21-27)35-33(41)30(37-32(40)24-10-5-4-6-11-24)20-23-16-18-26(19-17-23)38(2)3/h4-22H,1-3H3,(H,35,41)(H,36,39)(H,37,40)/b30-20+. The van der Waals surface area contributed by atoms with Crippen LogP contribution in [0.1, 0.15) is 22.8 Å². The number of amides is 3. The second-order valence-corrected chi connectivity index (χ2v) is 11.0. The van der Waals surface area contributed by atoms with E-state index in [1.807, 2.05) is 55.4 Å². The lowest BCUT2D eigenvalue weighted by Crippen LogP contribution is -2.30. The molecule has 4 aromatic carbocycles. The zero-order chi connectivity index (χ0) is 30.1. The fraction of sp³-hybridized carbons (Fsp3) is 0.121. The maximum absolute atomic E-state index is 13.9. The Hall–Kier alpha value is -4.89. The maximum Gasteiger partial charge on any atom is 0.272 e. The summed E-state index contributed by atoms with van der Waals surface area (Å²) in [6.07, 6.45) is 1.61. The molecule has 214 valence electrons. The minimum atomic E-state index is -0.540. The maximum atomic E-state index is 13.9. The summed E-state index contributed by atoms with van der Waals surface area (Å²) >= 11 is 1.27. The molecular weight excluding hydrogens is 551 g/mol. The van der Waals surface area contributed by atoms with E-state index in [9.17, 15) is 18.8 Å². The summed E-state index contributed by atoms with van der Waals surface area (Å²) in [6.45, 7) is 1.72. The van der Waals surface area contributed by atoms with Crippen molar-refractivity contribution in [2.45, 2.75) is 17.1 Å². The molecule has 3 N–H and O–H groups in total. The minimum absolute atomic E-state index is 0.0668. The first-order valence-electron chi connectivity index (χ1n) is 13.2. The quantitative estimate of drug-likeness (QED) is 0.148. The molecule has 0 aliphatic carbocycles. The van der Waals surface area contributed by atoms with Crippen LogP contribution in [0.5, 0.6) is 0 Å². The van der Waals surface area contributed by atoms with Gasteiger partial charge in [-0.25, -0.2) is 4.39 Å². The topological polar surface area (TPSA) is 90.5 Å². The highest BCUT2D eigenvalue weighted by Crippen LogP contribution is 2.27. The van der Waals surface area contributed by atoms with Gasteiger partial charge in [-0.15, -0.1) is 11.8 Å². The highest BCUT2D eigenvalue weighted by Gasteiger charge is 2.18. The van der Waals surface area contributed by atoms with Gasteiger partial charge in [0, 0.05) is 35.9 Å². The average Bonchev–Trinajstić information content (AvgIpc) is 2.98. The first kappa shape index (κ1) is 30.1. The van der Waals surface area contributed by atoms with Crippen LogP contribution >= 0.6 is 11.8 Å². The SMILES string of the molecule is CC(Sc1cccc(NC(=O)/C(=C\c2ccc(N(C)C)cc2)NC(=O)c2ccccc2)c1)C(=O)Nc1ccccc1F. The van der Waals surface area contributed by atoms with Crippen LogP contribution in [-0.4, -0.2) is 37.1 Å². The molecule has 0 saturated carbocycles. The van der Waals surface area contributed by atoms with Gasteiger partial charge >= 0.3 is 0 Å². The molecule has 3 amide bonds. The molecule has 0 heterocycles. The number of anilines is 3. The van der Waals surface area contributed by atoms with E-state index in [2.05, 4.69) is 16.0 Å². The van der Waals surface area contributed by atoms with Gasteiger partial charge < -0.3 is 20.9 Å². The molecule has 42 heavy (non-hydrogen) atoms. The number of rotatable bonds is 10. The predicted molar refractivity (Wildman–Crippen MR) is 168 cm³/mol. The number of hydrogen-bond acceptors (Lipinski definition) is 5. The van der Waals surface area contributed by atoms with E-state index in [0.717, 1.165) is 16.1 Å². The fourth-order valence-corrected chi connectivity index (χ4v) is 4.80. The van der Waals surface area contributed by atoms with Crippen molar-refractivity contribution in [3.8, 4) is 0 Å². The first-order chi connectivity index (χ1) is 20.2. The second kappa shape index (κ2) is 14.1. The van der Waals surface area contributed by atoms with E-state index < -0.39 is 22.9 Å². The Balaban J connectivity index is 1.50. The third-order valence-electron chi connectivity index (χ3n) is 6.16. The Morgan fingerprint density at radius 3 is 2.21 bits per heavy atom. The summed E-state index contributed by atoms with van der Waals surface area (Å²) < 4.78 is 13.9. The highest BCUT2D eigenvalue weighted by atomic mass is 32.2. The van der Waals surface area contributed by atoms with E-state index in [4.69, 9.17) is 0 Å². The third kappa shape index (κ3) is 8.31. The number of nitrogens with zero attached hydrogens (tertiary/aromatic N) is 1. The molecule has 0 spiro atoms. The van der Waals surface area contributed by atoms with Crippen molar-refractivity contribution in [1.29, 1.82) is 0 Å². The van der Waals surface area contributed by atoms with Gasteiger partial charge in [-0.3, -0.25) is 14.4 Å². The molecule has 0 fully saturated rings. The van der Waals surface area contributed by atoms with Crippen molar-refractivity contribution >= 4 is 52.6 Å². The van der Waals surface area contributed by atoms with E-state index in [1.165, 1.54) is 23.9 Å². The average molecular weight is 583 g/mol. The van der Waals surface area contributed by atoms with Crippen LogP contribution < -0.4 is 20.9 Å². The van der Waals surface area contributed by atoms with Crippen LogP contribution in [0.15, 0.2) is 114 Å². The van der Waals surface area contributed by atoms with Gasteiger partial charge in [-0.1, -0.05) is 48.5 Å². The molecule has 0 bridgehead atoms. The van der Waals surface area contributed by atoms with Crippen LogP contribution in [0.4, 0.5) is 21.5 Å². The predicted octanol–water partition coefficient (Wildman–Crippen LogP) is 6.42. The molecule has 4 aromatic rings. The van der Waals surface area contributed by atoms with Crippen LogP contribution in [0.2, 0.25) is 0 Å². The monoisotopic (exact) mass is 582 g/mol. The van der Waals surface area contributed by atoms with Gasteiger partial charge in [0.05, 0.1) is 10.9 Å². The summed E-state index contributed by atoms with van der Waals surface area (Å²) in [7, 11) is 3.87. The third-order valence-corrected chi connectivity index (χ3v) is 7.25. The molecule has 0 aromatic heterocycles. The van der Waals surface area contributed by atoms with Gasteiger partial charge in [0.2, 0.25) is 5.91 Å². The van der Waals surface area contributed by atoms with E-state index in [0.29, 0.717) is 11.3 Å². The Labute approximate surface area is 248 Å². The van der Waals surface area contributed by atoms with Gasteiger partial charge in [0.1, 0.15) is 11.5 Å². The number of hydrogen-bond donors (Lipinski definition) is 3. The van der Waals surface area contributed by atoms with Gasteiger partial charge in [-0.05, 0) is 73.2 Å². The molecule has 0 aliphatic heterocycles. The second-order valence-electron chi connectivity index (χ2n) is 9.58. The van der Waals surface area contributed by atoms with Crippen LogP contribution in [-0.2, 0) is 9.59 Å². The lowest BCUT2D eigenvalue weighted by Gasteiger charge is -2.15. The van der Waals surface area contributed by atoms with Gasteiger partial charge in [0.25, 0.3) is 11.8 Å². The summed E-state index contributed by atoms with van der Waals surface area (Å²) in [6, 6.07) is 29.2. The Morgan fingerprint density at radius 1 is 0.833 bits per heavy atom. The zero-order valence-electron chi connectivity index (χ0n) is 23.4. The van der Waals surface area contributed by atoms with Crippen molar-refractivity contribution in [2.24, 2.45) is 0 Å². The van der Waals surface area contributed by atoms with Crippen molar-refractivity contribution in [2.75, 3.05) is 29.6 Å². The summed E-state index contributed by atoms with van der Waals surface area (Å²) in [5.41, 5.74) is 2.81. The van der Waals surface area contributed by atoms with Crippen LogP contribution in [0, 0.1) is 5.82 Å². The zero-order valence-corrected chi connectivity index (χ0v) is 24.2. The molecule has 0 radical (unpaired) electrons. The first-order valence-corrected chi connectivity index (χ1v) is 14.1. The van der Waals surface area contributed by atoms with Gasteiger partial charge in [-0.2, -0.15) is 0 Å². The van der Waals surface area contributed by atoms with Crippen LogP contribution in [0.25, 0.3) is 6.08 Å². The summed E-state index contributed by atoms with van der Waals surface area (Å²) in [5, 5.41) is 7.65. The molecule has 0 saturated heterocycles. The van der Waals surface area contributed by atoms with Crippen molar-refractivity contribution < 1.29 is 18.8 Å². The Kier molecular flexibility index (Phi) is 10.1. The molecule has 4 rings (SSSR count). The van der Waals surface area contributed by atoms with Gasteiger partial charge in [0.15, 0.2) is 0 Å². The minimum Gasteiger partial charge on any atom is -0.378 e. The largest absolute Gasteiger partial charge is 0.378 e. The smallest absolute Gasteiger partial charge is 0.272 e. The Morgan fingerprint density at radius 2 is 1.52 bits per heavy atom. The van der Waals surface area contributed by atoms with E-state index >= 15 is 0 Å². The van der Waals surface area contributed by atoms with E-state index in [1.54, 1.807) is 67.6 Å². The number of benzene rings is 4. The van der Waals surface area contributed by atoms with Crippen molar-refractivity contribution in [1.82, 2.24) is 5.32 Å². The fourth-order valence-electron chi connectivity index (χ4n) is 3.88. The normalized spacial score (nSPS) is 11.8. The number of carbonyl (C=O) groups is 3. The molecule has 7 nitrogen and oxygen atoms in total. The highest BCUT2D eigenvalue weighted by molar-refractivity contribution is 8.00. The summed E-state index contributed by atoms with van der Waals surface area (Å²) in [5.74, 6) is -1.79. The van der Waals surface area contributed by atoms with Crippen molar-refractivity contribution in [3.63, 3.8) is 0 Å². The molecule has 9 heteroatoms. The number of nitrogens with one attached hydrogen (secondary N) is 3. The summed E-state index contributed by atoms with van der Waals surface area (Å²) in [4.78, 5) is 41.7. The van der Waals surface area contributed by atoms with Crippen molar-refractivity contribution in [3.05, 3.63) is 126 Å². The van der Waals surface area contributed by atoms with Crippen LogP contribution in [0.3, 0.4) is 0 Å². The molecule has 1 unspecified atom stereocenters. The molecular formula is C33H31FN4O3S. The lowest BCUT2D eigenvalue weighted by atomic mass is 10.1. The van der Waals surface area contributed by atoms with E-state index in [-0.39, 0.29) is 17.3 Å². The number of thioether (sulfide) groups is 1. The Bertz CT molecular complexity index is 1590. The number of carbonyl (C=O) groups excluding carboxylic acids is 3.